The number of hydrogen-bond acceptors (Lipinski definition) is 2. The van der Waals surface area contributed by atoms with E-state index in [0.717, 1.165) is 5.05 Å². The minimum absolute atomic E-state index is 0.578. The molecule has 0 amide bonds. The first-order valence-corrected chi connectivity index (χ1v) is 4.33. The molecular formula is C8H14OS. The van der Waals surface area contributed by atoms with Crippen LogP contribution in [0.5, 0.6) is 0 Å². The molecule has 1 saturated carbocycles. The smallest absolute Gasteiger partial charge is 0.162 e. The van der Waals surface area contributed by atoms with Gasteiger partial charge in [0.2, 0.25) is 0 Å². The third-order valence-electron chi connectivity index (χ3n) is 2.14. The van der Waals surface area contributed by atoms with Gasteiger partial charge in [0.1, 0.15) is 0 Å². The molecule has 0 saturated heterocycles. The molecule has 0 heterocycles. The van der Waals surface area contributed by atoms with Gasteiger partial charge < -0.3 is 4.74 Å². The lowest BCUT2D eigenvalue weighted by Crippen LogP contribution is -2.16. The third kappa shape index (κ3) is 1.94. The third-order valence-corrected chi connectivity index (χ3v) is 2.64. The molecule has 10 heavy (non-hydrogen) atoms. The summed E-state index contributed by atoms with van der Waals surface area (Å²) in [5.41, 5.74) is 0. The maximum Gasteiger partial charge on any atom is 0.162 e. The fourth-order valence-corrected chi connectivity index (χ4v) is 1.74. The molecule has 1 aliphatic rings. The lowest BCUT2D eigenvalue weighted by Gasteiger charge is -2.20. The summed E-state index contributed by atoms with van der Waals surface area (Å²) < 4.78 is 5.02. The van der Waals surface area contributed by atoms with Crippen LogP contribution in [0.3, 0.4) is 0 Å². The molecule has 1 rings (SSSR count). The van der Waals surface area contributed by atoms with Gasteiger partial charge in [0.15, 0.2) is 5.05 Å². The molecule has 0 aromatic heterocycles. The highest BCUT2D eigenvalue weighted by molar-refractivity contribution is 7.80. The van der Waals surface area contributed by atoms with Crippen molar-refractivity contribution in [3.05, 3.63) is 0 Å². The zero-order valence-corrected chi connectivity index (χ0v) is 7.25. The number of rotatable bonds is 1. The molecule has 0 spiro atoms. The van der Waals surface area contributed by atoms with Crippen LogP contribution in [0.25, 0.3) is 0 Å². The number of thiocarbonyl (C=S) groups is 1. The zero-order chi connectivity index (χ0) is 7.40. The van der Waals surface area contributed by atoms with Crippen molar-refractivity contribution in [3.8, 4) is 0 Å². The summed E-state index contributed by atoms with van der Waals surface area (Å²) in [7, 11) is 1.68. The standard InChI is InChI=1S/C8H14OS/c1-9-8(10)7-5-3-2-4-6-7/h7H,2-6H2,1H3. The predicted molar refractivity (Wildman–Crippen MR) is 46.2 cm³/mol. The van der Waals surface area contributed by atoms with Crippen molar-refractivity contribution in [2.45, 2.75) is 32.1 Å². The summed E-state index contributed by atoms with van der Waals surface area (Å²) >= 11 is 5.05. The highest BCUT2D eigenvalue weighted by Crippen LogP contribution is 2.24. The second-order valence-corrected chi connectivity index (χ2v) is 3.26. The summed E-state index contributed by atoms with van der Waals surface area (Å²) in [5, 5.41) is 0.819. The van der Waals surface area contributed by atoms with Crippen LogP contribution in [0.1, 0.15) is 32.1 Å². The molecular weight excluding hydrogens is 144 g/mol. The molecule has 2 heteroatoms. The van der Waals surface area contributed by atoms with E-state index in [2.05, 4.69) is 0 Å². The second kappa shape index (κ2) is 3.91. The minimum atomic E-state index is 0.578. The van der Waals surface area contributed by atoms with Gasteiger partial charge in [0.25, 0.3) is 0 Å². The molecule has 0 bridgehead atoms. The number of methoxy groups -OCH3 is 1. The Labute approximate surface area is 67.8 Å². The molecule has 1 aliphatic carbocycles. The van der Waals surface area contributed by atoms with E-state index >= 15 is 0 Å². The highest BCUT2D eigenvalue weighted by atomic mass is 32.1. The quantitative estimate of drug-likeness (QED) is 0.542. The maximum atomic E-state index is 5.05. The zero-order valence-electron chi connectivity index (χ0n) is 6.43. The van der Waals surface area contributed by atoms with Gasteiger partial charge in [-0.15, -0.1) is 0 Å². The number of ether oxygens (including phenoxy) is 1. The van der Waals surface area contributed by atoms with Crippen molar-refractivity contribution in [1.29, 1.82) is 0 Å². The van der Waals surface area contributed by atoms with Crippen LogP contribution in [0.2, 0.25) is 0 Å². The summed E-state index contributed by atoms with van der Waals surface area (Å²) in [6.45, 7) is 0. The normalized spacial score (nSPS) is 20.5. The Morgan fingerprint density at radius 2 is 1.90 bits per heavy atom. The van der Waals surface area contributed by atoms with Crippen molar-refractivity contribution >= 4 is 17.3 Å². The Balaban J connectivity index is 2.31. The molecule has 1 nitrogen and oxygen atoms in total. The Morgan fingerprint density at radius 1 is 1.30 bits per heavy atom. The summed E-state index contributed by atoms with van der Waals surface area (Å²) in [5.74, 6) is 0.578. The Hall–Kier alpha value is -0.110. The van der Waals surface area contributed by atoms with Crippen molar-refractivity contribution in [2.24, 2.45) is 5.92 Å². The van der Waals surface area contributed by atoms with Gasteiger partial charge in [0.05, 0.1) is 7.11 Å². The topological polar surface area (TPSA) is 9.23 Å². The van der Waals surface area contributed by atoms with Gasteiger partial charge in [0, 0.05) is 5.92 Å². The average molecular weight is 158 g/mol. The van der Waals surface area contributed by atoms with Gasteiger partial charge in [-0.3, -0.25) is 0 Å². The molecule has 0 aromatic carbocycles. The molecule has 0 aliphatic heterocycles. The van der Waals surface area contributed by atoms with Gasteiger partial charge >= 0.3 is 0 Å². The molecule has 0 atom stereocenters. The highest BCUT2D eigenvalue weighted by Gasteiger charge is 2.17. The van der Waals surface area contributed by atoms with Gasteiger partial charge in [-0.25, -0.2) is 0 Å². The second-order valence-electron chi connectivity index (χ2n) is 2.86. The van der Waals surface area contributed by atoms with Gasteiger partial charge in [-0.05, 0) is 25.1 Å². The monoisotopic (exact) mass is 158 g/mol. The minimum Gasteiger partial charge on any atom is -0.490 e. The molecule has 0 aromatic rings. The largest absolute Gasteiger partial charge is 0.490 e. The Bertz CT molecular complexity index is 116. The lowest BCUT2D eigenvalue weighted by molar-refractivity contribution is 0.338. The van der Waals surface area contributed by atoms with Crippen LogP contribution in [0.15, 0.2) is 0 Å². The first-order valence-electron chi connectivity index (χ1n) is 3.92. The van der Waals surface area contributed by atoms with Crippen LogP contribution in [0, 0.1) is 5.92 Å². The van der Waals surface area contributed by atoms with Gasteiger partial charge in [-0.1, -0.05) is 19.3 Å². The first kappa shape index (κ1) is 7.99. The molecule has 0 N–H and O–H groups in total. The molecule has 0 radical (unpaired) electrons. The summed E-state index contributed by atoms with van der Waals surface area (Å²) in [4.78, 5) is 0. The van der Waals surface area contributed by atoms with E-state index in [9.17, 15) is 0 Å². The predicted octanol–water partition coefficient (Wildman–Crippen LogP) is 2.54. The molecule has 1 fully saturated rings. The summed E-state index contributed by atoms with van der Waals surface area (Å²) in [6.07, 6.45) is 6.52. The van der Waals surface area contributed by atoms with E-state index in [0.29, 0.717) is 5.92 Å². The fraction of sp³-hybridized carbons (Fsp3) is 0.875. The van der Waals surface area contributed by atoms with E-state index in [1.807, 2.05) is 0 Å². The van der Waals surface area contributed by atoms with Crippen LogP contribution < -0.4 is 0 Å². The Kier molecular flexibility index (Phi) is 3.13. The average Bonchev–Trinajstić information content (AvgIpc) is 2.05. The van der Waals surface area contributed by atoms with E-state index in [4.69, 9.17) is 17.0 Å². The van der Waals surface area contributed by atoms with Crippen molar-refractivity contribution in [3.63, 3.8) is 0 Å². The lowest BCUT2D eigenvalue weighted by atomic mass is 9.90. The van der Waals surface area contributed by atoms with Crippen LogP contribution in [-0.2, 0) is 4.74 Å². The SMILES string of the molecule is COC(=S)C1CCCCC1. The van der Waals surface area contributed by atoms with Crippen molar-refractivity contribution in [1.82, 2.24) is 0 Å². The van der Waals surface area contributed by atoms with Crippen LogP contribution in [0.4, 0.5) is 0 Å². The fourth-order valence-electron chi connectivity index (χ4n) is 1.50. The number of hydrogen-bond donors (Lipinski definition) is 0. The molecule has 58 valence electrons. The van der Waals surface area contributed by atoms with Crippen LogP contribution in [-0.4, -0.2) is 12.2 Å². The first-order chi connectivity index (χ1) is 4.84. The maximum absolute atomic E-state index is 5.05. The molecule has 0 unspecified atom stereocenters. The van der Waals surface area contributed by atoms with Gasteiger partial charge in [-0.2, -0.15) is 0 Å². The van der Waals surface area contributed by atoms with E-state index < -0.39 is 0 Å². The van der Waals surface area contributed by atoms with E-state index in [1.54, 1.807) is 7.11 Å². The van der Waals surface area contributed by atoms with Crippen LogP contribution >= 0.6 is 12.2 Å². The van der Waals surface area contributed by atoms with Crippen molar-refractivity contribution in [2.75, 3.05) is 7.11 Å². The Morgan fingerprint density at radius 3 is 2.40 bits per heavy atom. The van der Waals surface area contributed by atoms with Crippen molar-refractivity contribution < 1.29 is 4.74 Å². The van der Waals surface area contributed by atoms with E-state index in [1.165, 1.54) is 32.1 Å². The van der Waals surface area contributed by atoms with E-state index in [-0.39, 0.29) is 0 Å². The summed E-state index contributed by atoms with van der Waals surface area (Å²) in [6, 6.07) is 0.